The second kappa shape index (κ2) is 7.90. The van der Waals surface area contributed by atoms with E-state index in [1.54, 1.807) is 12.4 Å². The van der Waals surface area contributed by atoms with Crippen molar-refractivity contribution in [2.45, 2.75) is 26.2 Å². The summed E-state index contributed by atoms with van der Waals surface area (Å²) in [6.07, 6.45) is 6.97. The molecule has 24 heavy (non-hydrogen) atoms. The van der Waals surface area contributed by atoms with E-state index in [2.05, 4.69) is 33.9 Å². The number of aryl methyl sites for hydroxylation is 1. The van der Waals surface area contributed by atoms with E-state index < -0.39 is 0 Å². The Hall–Kier alpha value is -2.43. The number of unbranched alkanes of at least 4 members (excludes halogenated alkanes) is 1. The molecule has 3 rings (SSSR count). The fourth-order valence-electron chi connectivity index (χ4n) is 2.94. The number of rotatable bonds is 5. The van der Waals surface area contributed by atoms with Crippen LogP contribution >= 0.6 is 0 Å². The maximum Gasteiger partial charge on any atom is 0.253 e. The SMILES string of the molecule is CCCCc1ccc(C(=O)N2CCN(c3ncccn3)CC2)cc1. The summed E-state index contributed by atoms with van der Waals surface area (Å²) in [5.74, 6) is 0.857. The highest BCUT2D eigenvalue weighted by molar-refractivity contribution is 5.94. The standard InChI is InChI=1S/C19H24N4O/c1-2-3-5-16-6-8-17(9-7-16)18(24)22-12-14-23(15-13-22)19-20-10-4-11-21-19/h4,6-11H,2-3,5,12-15H2,1H3. The average Bonchev–Trinajstić information content (AvgIpc) is 2.67. The molecule has 1 aromatic heterocycles. The molecule has 0 spiro atoms. The van der Waals surface area contributed by atoms with Gasteiger partial charge in [-0.15, -0.1) is 0 Å². The van der Waals surface area contributed by atoms with E-state index in [1.807, 2.05) is 23.1 Å². The highest BCUT2D eigenvalue weighted by Crippen LogP contribution is 2.14. The monoisotopic (exact) mass is 324 g/mol. The topological polar surface area (TPSA) is 49.3 Å². The van der Waals surface area contributed by atoms with Crippen LogP contribution in [0.15, 0.2) is 42.7 Å². The highest BCUT2D eigenvalue weighted by atomic mass is 16.2. The smallest absolute Gasteiger partial charge is 0.253 e. The van der Waals surface area contributed by atoms with Crippen LogP contribution in [0.3, 0.4) is 0 Å². The van der Waals surface area contributed by atoms with Gasteiger partial charge in [0, 0.05) is 44.1 Å². The van der Waals surface area contributed by atoms with Crippen LogP contribution in [0.5, 0.6) is 0 Å². The lowest BCUT2D eigenvalue weighted by Gasteiger charge is -2.34. The summed E-state index contributed by atoms with van der Waals surface area (Å²) >= 11 is 0. The molecule has 2 heterocycles. The minimum atomic E-state index is 0.116. The summed E-state index contributed by atoms with van der Waals surface area (Å²) in [5, 5.41) is 0. The third-order valence-corrected chi connectivity index (χ3v) is 4.42. The summed E-state index contributed by atoms with van der Waals surface area (Å²) in [4.78, 5) is 25.2. The molecule has 5 nitrogen and oxygen atoms in total. The van der Waals surface area contributed by atoms with Crippen molar-refractivity contribution in [3.05, 3.63) is 53.9 Å². The zero-order valence-electron chi connectivity index (χ0n) is 14.2. The van der Waals surface area contributed by atoms with Gasteiger partial charge in [0.25, 0.3) is 5.91 Å². The first-order valence-corrected chi connectivity index (χ1v) is 8.68. The fraction of sp³-hybridized carbons (Fsp3) is 0.421. The van der Waals surface area contributed by atoms with Gasteiger partial charge in [-0.2, -0.15) is 0 Å². The van der Waals surface area contributed by atoms with Crippen LogP contribution in [0.2, 0.25) is 0 Å². The largest absolute Gasteiger partial charge is 0.337 e. The predicted octanol–water partition coefficient (Wildman–Crippen LogP) is 2.78. The first-order chi connectivity index (χ1) is 11.8. The van der Waals surface area contributed by atoms with E-state index in [-0.39, 0.29) is 5.91 Å². The number of carbonyl (C=O) groups excluding carboxylic acids is 1. The molecule has 1 aromatic carbocycles. The molecule has 1 aliphatic heterocycles. The van der Waals surface area contributed by atoms with Crippen molar-refractivity contribution in [1.82, 2.24) is 14.9 Å². The molecule has 0 unspecified atom stereocenters. The lowest BCUT2D eigenvalue weighted by atomic mass is 10.1. The molecule has 0 radical (unpaired) electrons. The van der Waals surface area contributed by atoms with Crippen LogP contribution in [-0.4, -0.2) is 47.0 Å². The summed E-state index contributed by atoms with van der Waals surface area (Å²) in [7, 11) is 0. The normalized spacial score (nSPS) is 14.7. The molecule has 1 aliphatic rings. The first kappa shape index (κ1) is 16.4. The Morgan fingerprint density at radius 3 is 2.33 bits per heavy atom. The zero-order chi connectivity index (χ0) is 16.8. The minimum absolute atomic E-state index is 0.116. The van der Waals surface area contributed by atoms with Gasteiger partial charge in [0.1, 0.15) is 0 Å². The molecule has 1 saturated heterocycles. The molecular weight excluding hydrogens is 300 g/mol. The molecule has 1 amide bonds. The van der Waals surface area contributed by atoms with Crippen molar-refractivity contribution in [3.63, 3.8) is 0 Å². The lowest BCUT2D eigenvalue weighted by Crippen LogP contribution is -2.49. The summed E-state index contributed by atoms with van der Waals surface area (Å²) in [6, 6.07) is 9.89. The van der Waals surface area contributed by atoms with Gasteiger partial charge in [-0.3, -0.25) is 4.79 Å². The van der Waals surface area contributed by atoms with Crippen molar-refractivity contribution >= 4 is 11.9 Å². The number of hydrogen-bond donors (Lipinski definition) is 0. The third-order valence-electron chi connectivity index (χ3n) is 4.42. The Morgan fingerprint density at radius 2 is 1.71 bits per heavy atom. The second-order valence-corrected chi connectivity index (χ2v) is 6.13. The molecule has 0 aliphatic carbocycles. The van der Waals surface area contributed by atoms with Crippen LogP contribution in [0.4, 0.5) is 5.95 Å². The maximum atomic E-state index is 12.6. The van der Waals surface area contributed by atoms with Crippen molar-refractivity contribution in [2.24, 2.45) is 0 Å². The summed E-state index contributed by atoms with van der Waals surface area (Å²) in [5.41, 5.74) is 2.08. The van der Waals surface area contributed by atoms with Gasteiger partial charge in [-0.25, -0.2) is 9.97 Å². The predicted molar refractivity (Wildman–Crippen MR) is 95.2 cm³/mol. The quantitative estimate of drug-likeness (QED) is 0.848. The van der Waals surface area contributed by atoms with Gasteiger partial charge in [-0.05, 0) is 36.6 Å². The average molecular weight is 324 g/mol. The van der Waals surface area contributed by atoms with Crippen molar-refractivity contribution in [2.75, 3.05) is 31.1 Å². The van der Waals surface area contributed by atoms with Crippen LogP contribution in [0.1, 0.15) is 35.7 Å². The number of anilines is 1. The number of nitrogens with zero attached hydrogens (tertiary/aromatic N) is 4. The Kier molecular flexibility index (Phi) is 5.41. The Morgan fingerprint density at radius 1 is 1.04 bits per heavy atom. The molecule has 126 valence electrons. The summed E-state index contributed by atoms with van der Waals surface area (Å²) < 4.78 is 0. The number of benzene rings is 1. The van der Waals surface area contributed by atoms with Crippen LogP contribution in [0.25, 0.3) is 0 Å². The van der Waals surface area contributed by atoms with Crippen molar-refractivity contribution in [1.29, 1.82) is 0 Å². The fourth-order valence-corrected chi connectivity index (χ4v) is 2.94. The molecular formula is C19H24N4O. The van der Waals surface area contributed by atoms with Crippen LogP contribution in [-0.2, 0) is 6.42 Å². The van der Waals surface area contributed by atoms with E-state index in [0.29, 0.717) is 13.1 Å². The van der Waals surface area contributed by atoms with Gasteiger partial charge in [0.15, 0.2) is 0 Å². The van der Waals surface area contributed by atoms with Gasteiger partial charge < -0.3 is 9.80 Å². The van der Waals surface area contributed by atoms with E-state index >= 15 is 0 Å². The molecule has 5 heteroatoms. The van der Waals surface area contributed by atoms with Crippen LogP contribution in [0, 0.1) is 0 Å². The van der Waals surface area contributed by atoms with Crippen molar-refractivity contribution < 1.29 is 4.79 Å². The van der Waals surface area contributed by atoms with Gasteiger partial charge >= 0.3 is 0 Å². The number of amides is 1. The van der Waals surface area contributed by atoms with Crippen LogP contribution < -0.4 is 4.90 Å². The zero-order valence-corrected chi connectivity index (χ0v) is 14.2. The highest BCUT2D eigenvalue weighted by Gasteiger charge is 2.23. The molecule has 0 atom stereocenters. The van der Waals surface area contributed by atoms with E-state index in [0.717, 1.165) is 31.0 Å². The van der Waals surface area contributed by atoms with E-state index in [1.165, 1.54) is 18.4 Å². The summed E-state index contributed by atoms with van der Waals surface area (Å²) in [6.45, 7) is 5.13. The second-order valence-electron chi connectivity index (χ2n) is 6.13. The maximum absolute atomic E-state index is 12.6. The first-order valence-electron chi connectivity index (χ1n) is 8.68. The molecule has 0 N–H and O–H groups in total. The number of aromatic nitrogens is 2. The van der Waals surface area contributed by atoms with E-state index in [9.17, 15) is 4.79 Å². The number of carbonyl (C=O) groups is 1. The van der Waals surface area contributed by atoms with E-state index in [4.69, 9.17) is 0 Å². The minimum Gasteiger partial charge on any atom is -0.337 e. The van der Waals surface area contributed by atoms with Gasteiger partial charge in [0.05, 0.1) is 0 Å². The molecule has 0 bridgehead atoms. The Labute approximate surface area is 143 Å². The lowest BCUT2D eigenvalue weighted by molar-refractivity contribution is 0.0746. The number of piperazine rings is 1. The van der Waals surface area contributed by atoms with Crippen molar-refractivity contribution in [3.8, 4) is 0 Å². The molecule has 0 saturated carbocycles. The van der Waals surface area contributed by atoms with Gasteiger partial charge in [-0.1, -0.05) is 25.5 Å². The Balaban J connectivity index is 1.57. The molecule has 2 aromatic rings. The Bertz CT molecular complexity index is 649. The molecule has 1 fully saturated rings. The van der Waals surface area contributed by atoms with Gasteiger partial charge in [0.2, 0.25) is 5.95 Å². The third kappa shape index (κ3) is 3.91. The number of hydrogen-bond acceptors (Lipinski definition) is 4.